The summed E-state index contributed by atoms with van der Waals surface area (Å²) >= 11 is 1.40. The number of hydrogen-bond donors (Lipinski definition) is 3. The Morgan fingerprint density at radius 1 is 1.04 bits per heavy atom. The highest BCUT2D eigenvalue weighted by Crippen LogP contribution is 2.23. The summed E-state index contributed by atoms with van der Waals surface area (Å²) in [5.74, 6) is -0.734. The highest BCUT2D eigenvalue weighted by molar-refractivity contribution is 7.15. The van der Waals surface area contributed by atoms with Crippen LogP contribution in [0, 0.1) is 13.8 Å². The third-order valence-corrected chi connectivity index (χ3v) is 4.91. The van der Waals surface area contributed by atoms with Crippen LogP contribution in [0.5, 0.6) is 0 Å². The van der Waals surface area contributed by atoms with Crippen molar-refractivity contribution in [2.45, 2.75) is 26.7 Å². The van der Waals surface area contributed by atoms with E-state index in [4.69, 9.17) is 4.74 Å². The molecule has 3 amide bonds. The number of amides is 3. The van der Waals surface area contributed by atoms with Crippen molar-refractivity contribution >= 4 is 39.9 Å². The number of nitrogens with one attached hydrogen (secondary N) is 3. The number of aromatic nitrogens is 1. The summed E-state index contributed by atoms with van der Waals surface area (Å²) in [6.45, 7) is 4.26. The number of hydrogen-bond acceptors (Lipinski definition) is 6. The van der Waals surface area contributed by atoms with E-state index in [-0.39, 0.29) is 43.8 Å². The predicted molar refractivity (Wildman–Crippen MR) is 109 cm³/mol. The first kappa shape index (κ1) is 21.5. The van der Waals surface area contributed by atoms with Gasteiger partial charge in [-0.25, -0.2) is 4.98 Å². The first-order chi connectivity index (χ1) is 13.4. The molecule has 0 aliphatic rings. The Balaban J connectivity index is 1.89. The van der Waals surface area contributed by atoms with Gasteiger partial charge in [-0.15, -0.1) is 11.3 Å². The van der Waals surface area contributed by atoms with E-state index in [2.05, 4.69) is 20.9 Å². The molecule has 1 aromatic heterocycles. The Morgan fingerprint density at radius 3 is 2.36 bits per heavy atom. The van der Waals surface area contributed by atoms with Crippen molar-refractivity contribution in [1.82, 2.24) is 10.3 Å². The molecule has 0 saturated carbocycles. The summed E-state index contributed by atoms with van der Waals surface area (Å²) in [5, 5.41) is 8.51. The minimum Gasteiger partial charge on any atom is -0.380 e. The van der Waals surface area contributed by atoms with Gasteiger partial charge in [0.1, 0.15) is 0 Å². The van der Waals surface area contributed by atoms with E-state index in [1.54, 1.807) is 31.3 Å². The minimum atomic E-state index is -0.341. The summed E-state index contributed by atoms with van der Waals surface area (Å²) in [6.07, 6.45) is 0.366. The van der Waals surface area contributed by atoms with Gasteiger partial charge in [0.15, 0.2) is 5.13 Å². The van der Waals surface area contributed by atoms with Crippen LogP contribution in [0.2, 0.25) is 0 Å². The van der Waals surface area contributed by atoms with Gasteiger partial charge in [-0.05, 0) is 26.0 Å². The van der Waals surface area contributed by atoms with Gasteiger partial charge in [-0.2, -0.15) is 0 Å². The molecule has 8 nitrogen and oxygen atoms in total. The molecular weight excluding hydrogens is 380 g/mol. The van der Waals surface area contributed by atoms with Crippen LogP contribution in [0.1, 0.15) is 33.8 Å². The fraction of sp³-hybridized carbons (Fsp3) is 0.368. The molecule has 0 spiro atoms. The fourth-order valence-corrected chi connectivity index (χ4v) is 3.06. The van der Waals surface area contributed by atoms with Gasteiger partial charge in [0.2, 0.25) is 11.8 Å². The van der Waals surface area contributed by atoms with E-state index in [0.717, 1.165) is 10.6 Å². The number of carbonyl (C=O) groups is 3. The summed E-state index contributed by atoms with van der Waals surface area (Å²) in [7, 11) is 1.56. The van der Waals surface area contributed by atoms with Crippen LogP contribution in [-0.4, -0.2) is 43.0 Å². The van der Waals surface area contributed by atoms with Crippen LogP contribution in [0.25, 0.3) is 0 Å². The minimum absolute atomic E-state index is 0.116. The van der Waals surface area contributed by atoms with Crippen molar-refractivity contribution in [1.29, 1.82) is 0 Å². The molecule has 1 heterocycles. The van der Waals surface area contributed by atoms with Crippen LogP contribution in [-0.2, 0) is 14.3 Å². The van der Waals surface area contributed by atoms with Gasteiger partial charge in [-0.1, -0.05) is 12.1 Å². The molecule has 28 heavy (non-hydrogen) atoms. The van der Waals surface area contributed by atoms with E-state index in [9.17, 15) is 14.4 Å². The first-order valence-electron chi connectivity index (χ1n) is 8.83. The number of carbonyl (C=O) groups excluding carboxylic acids is 3. The van der Waals surface area contributed by atoms with Crippen molar-refractivity contribution in [3.05, 3.63) is 40.4 Å². The van der Waals surface area contributed by atoms with Crippen molar-refractivity contribution in [2.75, 3.05) is 30.9 Å². The first-order valence-corrected chi connectivity index (χ1v) is 9.65. The molecule has 0 radical (unpaired) electrons. The summed E-state index contributed by atoms with van der Waals surface area (Å²) in [5.41, 5.74) is 1.64. The van der Waals surface area contributed by atoms with Gasteiger partial charge >= 0.3 is 0 Å². The van der Waals surface area contributed by atoms with E-state index >= 15 is 0 Å². The Labute approximate surface area is 167 Å². The van der Waals surface area contributed by atoms with Crippen molar-refractivity contribution < 1.29 is 19.1 Å². The molecule has 0 saturated heterocycles. The monoisotopic (exact) mass is 404 g/mol. The molecule has 3 N–H and O–H groups in total. The van der Waals surface area contributed by atoms with Crippen LogP contribution >= 0.6 is 11.3 Å². The lowest BCUT2D eigenvalue weighted by molar-refractivity contribution is -0.121. The normalized spacial score (nSPS) is 10.4. The second-order valence-electron chi connectivity index (χ2n) is 5.99. The smallest absolute Gasteiger partial charge is 0.259 e. The van der Waals surface area contributed by atoms with Crippen LogP contribution in [0.15, 0.2) is 24.3 Å². The Morgan fingerprint density at radius 2 is 1.71 bits per heavy atom. The van der Waals surface area contributed by atoms with Crippen LogP contribution < -0.4 is 16.0 Å². The van der Waals surface area contributed by atoms with E-state index in [0.29, 0.717) is 16.4 Å². The zero-order chi connectivity index (χ0) is 20.5. The Hall–Kier alpha value is -2.78. The van der Waals surface area contributed by atoms with Crippen molar-refractivity contribution in [2.24, 2.45) is 0 Å². The molecule has 0 aliphatic heterocycles. The van der Waals surface area contributed by atoms with E-state index in [1.165, 1.54) is 11.3 Å². The number of benzene rings is 1. The SMILES string of the molecule is CNC(=O)CCOCCC(=O)Nc1ccccc1C(=O)Nc1nc(C)c(C)s1. The molecule has 0 atom stereocenters. The number of anilines is 2. The predicted octanol–water partition coefficient (Wildman–Crippen LogP) is 2.49. The van der Waals surface area contributed by atoms with Gasteiger partial charge in [0.05, 0.1) is 36.6 Å². The highest BCUT2D eigenvalue weighted by Gasteiger charge is 2.15. The molecule has 1 aromatic carbocycles. The van der Waals surface area contributed by atoms with Crippen molar-refractivity contribution in [3.8, 4) is 0 Å². The summed E-state index contributed by atoms with van der Waals surface area (Å²) in [4.78, 5) is 41.1. The second kappa shape index (κ2) is 10.5. The molecule has 0 bridgehead atoms. The maximum atomic E-state index is 12.6. The zero-order valence-electron chi connectivity index (χ0n) is 16.1. The molecule has 150 valence electrons. The third-order valence-electron chi connectivity index (χ3n) is 3.92. The standard InChI is InChI=1S/C19H24N4O4S/c1-12-13(2)28-19(21-12)23-18(26)14-6-4-5-7-15(14)22-17(25)9-11-27-10-8-16(24)20-3/h4-7H,8-11H2,1-3H3,(H,20,24)(H,22,25)(H,21,23,26). The zero-order valence-corrected chi connectivity index (χ0v) is 16.9. The average molecular weight is 404 g/mol. The van der Waals surface area contributed by atoms with Crippen molar-refractivity contribution in [3.63, 3.8) is 0 Å². The Bertz CT molecular complexity index is 831. The van der Waals surface area contributed by atoms with Gasteiger partial charge in [-0.3, -0.25) is 19.7 Å². The summed E-state index contributed by atoms with van der Waals surface area (Å²) in [6, 6.07) is 6.77. The van der Waals surface area contributed by atoms with Gasteiger partial charge in [0.25, 0.3) is 5.91 Å². The number of thiazole rings is 1. The highest BCUT2D eigenvalue weighted by atomic mass is 32.1. The molecule has 0 fully saturated rings. The number of aryl methyl sites for hydroxylation is 2. The number of nitrogens with zero attached hydrogens (tertiary/aromatic N) is 1. The molecular formula is C19H24N4O4S. The molecule has 2 aromatic rings. The number of rotatable bonds is 9. The average Bonchev–Trinajstić information content (AvgIpc) is 2.98. The number of ether oxygens (including phenoxy) is 1. The second-order valence-corrected chi connectivity index (χ2v) is 7.20. The molecule has 2 rings (SSSR count). The van der Waals surface area contributed by atoms with E-state index < -0.39 is 0 Å². The van der Waals surface area contributed by atoms with Crippen LogP contribution in [0.4, 0.5) is 10.8 Å². The maximum absolute atomic E-state index is 12.6. The lowest BCUT2D eigenvalue weighted by atomic mass is 10.1. The van der Waals surface area contributed by atoms with Gasteiger partial charge in [0, 0.05) is 18.3 Å². The maximum Gasteiger partial charge on any atom is 0.259 e. The van der Waals surface area contributed by atoms with Crippen LogP contribution in [0.3, 0.4) is 0 Å². The third kappa shape index (κ3) is 6.43. The van der Waals surface area contributed by atoms with E-state index in [1.807, 2.05) is 13.8 Å². The van der Waals surface area contributed by atoms with Gasteiger partial charge < -0.3 is 15.4 Å². The topological polar surface area (TPSA) is 109 Å². The quantitative estimate of drug-likeness (QED) is 0.556. The Kier molecular flexibility index (Phi) is 8.09. The molecule has 9 heteroatoms. The fourth-order valence-electron chi connectivity index (χ4n) is 2.25. The largest absolute Gasteiger partial charge is 0.380 e. The lowest BCUT2D eigenvalue weighted by Gasteiger charge is -2.10. The number of para-hydroxylation sites is 1. The summed E-state index contributed by atoms with van der Waals surface area (Å²) < 4.78 is 5.28. The lowest BCUT2D eigenvalue weighted by Crippen LogP contribution is -2.21. The molecule has 0 aliphatic carbocycles. The molecule has 0 unspecified atom stereocenters.